The highest BCUT2D eigenvalue weighted by molar-refractivity contribution is 5.56. The molecule has 1 heterocycles. The van der Waals surface area contributed by atoms with Crippen LogP contribution in [-0.4, -0.2) is 45.1 Å². The molecule has 0 amide bonds. The summed E-state index contributed by atoms with van der Waals surface area (Å²) >= 11 is 0. The fourth-order valence-corrected chi connectivity index (χ4v) is 2.68. The quantitative estimate of drug-likeness (QED) is 0.676. The summed E-state index contributed by atoms with van der Waals surface area (Å²) in [5.74, 6) is 1.92. The molecule has 2 aromatic carbocycles. The number of nitrogens with zero attached hydrogens (tertiary/aromatic N) is 4. The Morgan fingerprint density at radius 2 is 1.82 bits per heavy atom. The third-order valence-corrected chi connectivity index (χ3v) is 4.32. The summed E-state index contributed by atoms with van der Waals surface area (Å²) in [5.41, 5.74) is 2.13. The number of hydrogen-bond donors (Lipinski definition) is 1. The van der Waals surface area contributed by atoms with Crippen molar-refractivity contribution in [3.05, 3.63) is 54.1 Å². The van der Waals surface area contributed by atoms with Crippen molar-refractivity contribution in [3.8, 4) is 22.9 Å². The summed E-state index contributed by atoms with van der Waals surface area (Å²) in [6, 6.07) is 15.4. The predicted molar refractivity (Wildman–Crippen MR) is 106 cm³/mol. The fourth-order valence-electron chi connectivity index (χ4n) is 2.68. The van der Waals surface area contributed by atoms with Crippen molar-refractivity contribution in [1.29, 1.82) is 0 Å². The highest BCUT2D eigenvalue weighted by atomic mass is 16.5. The minimum Gasteiger partial charge on any atom is -0.497 e. The molecule has 0 saturated carbocycles. The van der Waals surface area contributed by atoms with Gasteiger partial charge in [0.15, 0.2) is 0 Å². The average molecular weight is 382 g/mol. The summed E-state index contributed by atoms with van der Waals surface area (Å²) in [7, 11) is 1.61. The first-order valence-corrected chi connectivity index (χ1v) is 9.19. The van der Waals surface area contributed by atoms with E-state index in [1.165, 1.54) is 10.4 Å². The first-order chi connectivity index (χ1) is 13.3. The number of aromatic nitrogens is 4. The van der Waals surface area contributed by atoms with Crippen molar-refractivity contribution in [2.24, 2.45) is 0 Å². The Balaban J connectivity index is 1.55. The van der Waals surface area contributed by atoms with E-state index in [9.17, 15) is 5.11 Å². The van der Waals surface area contributed by atoms with E-state index < -0.39 is 6.10 Å². The van der Waals surface area contributed by atoms with E-state index in [-0.39, 0.29) is 18.6 Å². The van der Waals surface area contributed by atoms with Crippen molar-refractivity contribution in [2.75, 3.05) is 13.7 Å². The van der Waals surface area contributed by atoms with Gasteiger partial charge in [-0.05, 0) is 40.5 Å². The van der Waals surface area contributed by atoms with Gasteiger partial charge in [0, 0.05) is 5.56 Å². The van der Waals surface area contributed by atoms with E-state index in [1.54, 1.807) is 7.11 Å². The van der Waals surface area contributed by atoms with Gasteiger partial charge in [0.1, 0.15) is 24.2 Å². The molecule has 0 saturated heterocycles. The molecule has 0 aliphatic rings. The van der Waals surface area contributed by atoms with Gasteiger partial charge in [-0.15, -0.1) is 10.2 Å². The van der Waals surface area contributed by atoms with Crippen molar-refractivity contribution in [3.63, 3.8) is 0 Å². The van der Waals surface area contributed by atoms with Crippen LogP contribution < -0.4 is 9.47 Å². The van der Waals surface area contributed by atoms with Gasteiger partial charge in [0.2, 0.25) is 5.82 Å². The van der Waals surface area contributed by atoms with Gasteiger partial charge in [-0.1, -0.05) is 45.0 Å². The molecule has 0 fully saturated rings. The van der Waals surface area contributed by atoms with Crippen LogP contribution in [0.2, 0.25) is 0 Å². The Morgan fingerprint density at radius 3 is 2.50 bits per heavy atom. The Bertz CT molecular complexity index is 901. The zero-order valence-electron chi connectivity index (χ0n) is 16.7. The summed E-state index contributed by atoms with van der Waals surface area (Å²) in [5, 5.41) is 22.6. The van der Waals surface area contributed by atoms with Gasteiger partial charge in [0.05, 0.1) is 13.7 Å². The van der Waals surface area contributed by atoms with Crippen molar-refractivity contribution >= 4 is 0 Å². The van der Waals surface area contributed by atoms with Crippen LogP contribution in [0.5, 0.6) is 11.5 Å². The van der Waals surface area contributed by atoms with Gasteiger partial charge in [0.25, 0.3) is 0 Å². The zero-order valence-corrected chi connectivity index (χ0v) is 16.7. The second-order valence-electron chi connectivity index (χ2n) is 7.64. The van der Waals surface area contributed by atoms with Crippen LogP contribution in [0.15, 0.2) is 48.5 Å². The highest BCUT2D eigenvalue weighted by Gasteiger charge is 2.14. The SMILES string of the molecule is COc1cccc(-c2nnn(C[C@H](O)COc3ccc(C(C)(C)C)cc3)n2)c1. The summed E-state index contributed by atoms with van der Waals surface area (Å²) in [6.45, 7) is 6.83. The molecule has 0 aliphatic carbocycles. The standard InChI is InChI=1S/C21H26N4O3/c1-21(2,3)16-8-10-18(11-9-16)28-14-17(26)13-25-23-20(22-24-25)15-6-5-7-19(12-15)27-4/h5-12,17,26H,13-14H2,1-4H3/t17-/m0/s1. The smallest absolute Gasteiger partial charge is 0.205 e. The summed E-state index contributed by atoms with van der Waals surface area (Å²) in [4.78, 5) is 1.37. The Morgan fingerprint density at radius 1 is 1.07 bits per heavy atom. The van der Waals surface area contributed by atoms with Crippen molar-refractivity contribution in [2.45, 2.75) is 38.8 Å². The molecule has 0 radical (unpaired) electrons. The van der Waals surface area contributed by atoms with Crippen molar-refractivity contribution in [1.82, 2.24) is 20.2 Å². The van der Waals surface area contributed by atoms with E-state index in [1.807, 2.05) is 48.5 Å². The number of tetrazole rings is 1. The van der Waals surface area contributed by atoms with Crippen LogP contribution in [0.3, 0.4) is 0 Å². The van der Waals surface area contributed by atoms with Crippen LogP contribution in [-0.2, 0) is 12.0 Å². The van der Waals surface area contributed by atoms with Crippen LogP contribution in [0.1, 0.15) is 26.3 Å². The lowest BCUT2D eigenvalue weighted by molar-refractivity contribution is 0.0850. The molecular weight excluding hydrogens is 356 g/mol. The molecule has 0 unspecified atom stereocenters. The number of benzene rings is 2. The lowest BCUT2D eigenvalue weighted by atomic mass is 9.87. The Kier molecular flexibility index (Phi) is 5.94. The molecule has 1 atom stereocenters. The highest BCUT2D eigenvalue weighted by Crippen LogP contribution is 2.24. The normalized spacial score (nSPS) is 12.6. The summed E-state index contributed by atoms with van der Waals surface area (Å²) < 4.78 is 10.9. The molecule has 3 rings (SSSR count). The van der Waals surface area contributed by atoms with E-state index in [2.05, 4.69) is 36.2 Å². The lowest BCUT2D eigenvalue weighted by Gasteiger charge is -2.19. The first-order valence-electron chi connectivity index (χ1n) is 9.19. The number of methoxy groups -OCH3 is 1. The minimum atomic E-state index is -0.755. The van der Waals surface area contributed by atoms with E-state index >= 15 is 0 Å². The second kappa shape index (κ2) is 8.39. The number of aliphatic hydroxyl groups is 1. The number of aliphatic hydroxyl groups excluding tert-OH is 1. The van der Waals surface area contributed by atoms with Crippen molar-refractivity contribution < 1.29 is 14.6 Å². The van der Waals surface area contributed by atoms with E-state index in [0.29, 0.717) is 5.82 Å². The molecule has 1 aromatic heterocycles. The monoisotopic (exact) mass is 382 g/mol. The minimum absolute atomic E-state index is 0.0945. The molecule has 28 heavy (non-hydrogen) atoms. The van der Waals surface area contributed by atoms with Crippen LogP contribution in [0.4, 0.5) is 0 Å². The molecule has 7 heteroatoms. The van der Waals surface area contributed by atoms with Crippen LogP contribution in [0.25, 0.3) is 11.4 Å². The molecule has 3 aromatic rings. The topological polar surface area (TPSA) is 82.3 Å². The summed E-state index contributed by atoms with van der Waals surface area (Å²) in [6.07, 6.45) is -0.755. The number of rotatable bonds is 7. The molecule has 0 spiro atoms. The van der Waals surface area contributed by atoms with E-state index in [4.69, 9.17) is 9.47 Å². The largest absolute Gasteiger partial charge is 0.497 e. The maximum Gasteiger partial charge on any atom is 0.205 e. The van der Waals surface area contributed by atoms with Crippen LogP contribution >= 0.6 is 0 Å². The van der Waals surface area contributed by atoms with Gasteiger partial charge in [-0.2, -0.15) is 4.80 Å². The van der Waals surface area contributed by atoms with E-state index in [0.717, 1.165) is 17.1 Å². The molecule has 148 valence electrons. The number of hydrogen-bond acceptors (Lipinski definition) is 6. The maximum absolute atomic E-state index is 10.2. The van der Waals surface area contributed by atoms with Gasteiger partial charge in [-0.3, -0.25) is 0 Å². The third kappa shape index (κ3) is 5.07. The van der Waals surface area contributed by atoms with Gasteiger partial charge in [-0.25, -0.2) is 0 Å². The zero-order chi connectivity index (χ0) is 20.1. The lowest BCUT2D eigenvalue weighted by Crippen LogP contribution is -2.25. The fraction of sp³-hybridized carbons (Fsp3) is 0.381. The molecule has 0 bridgehead atoms. The number of ether oxygens (including phenoxy) is 2. The van der Waals surface area contributed by atoms with Gasteiger partial charge < -0.3 is 14.6 Å². The van der Waals surface area contributed by atoms with Crippen LogP contribution in [0, 0.1) is 0 Å². The molecular formula is C21H26N4O3. The third-order valence-electron chi connectivity index (χ3n) is 4.32. The average Bonchev–Trinajstić information content (AvgIpc) is 3.14. The second-order valence-corrected chi connectivity index (χ2v) is 7.64. The molecule has 1 N–H and O–H groups in total. The predicted octanol–water partition coefficient (Wildman–Crippen LogP) is 3.09. The maximum atomic E-state index is 10.2. The first kappa shape index (κ1) is 19.8. The molecule has 0 aliphatic heterocycles. The Hall–Kier alpha value is -2.93. The Labute approximate surface area is 164 Å². The van der Waals surface area contributed by atoms with Gasteiger partial charge >= 0.3 is 0 Å². The molecule has 7 nitrogen and oxygen atoms in total.